The summed E-state index contributed by atoms with van der Waals surface area (Å²) in [5.41, 5.74) is 2.07. The van der Waals surface area contributed by atoms with Crippen molar-refractivity contribution in [2.24, 2.45) is 5.92 Å². The quantitative estimate of drug-likeness (QED) is 0.708. The predicted molar refractivity (Wildman–Crippen MR) is 69.5 cm³/mol. The molecule has 0 spiro atoms. The summed E-state index contributed by atoms with van der Waals surface area (Å²) in [5, 5.41) is 0. The molecule has 0 aromatic carbocycles. The van der Waals surface area contributed by atoms with Crippen LogP contribution in [0.4, 0.5) is 0 Å². The average molecular weight is 203 g/mol. The number of pyridine rings is 1. The normalized spacial score (nSPS) is 9.93. The van der Waals surface area contributed by atoms with Gasteiger partial charge < -0.3 is 0 Å². The van der Waals surface area contributed by atoms with E-state index in [1.807, 2.05) is 38.1 Å². The predicted octanol–water partition coefficient (Wildman–Crippen LogP) is 4.42. The molecular formula is C14H21N. The summed E-state index contributed by atoms with van der Waals surface area (Å²) in [6.45, 7) is 12.0. The lowest BCUT2D eigenvalue weighted by Crippen LogP contribution is -1.85. The summed E-state index contributed by atoms with van der Waals surface area (Å²) in [7, 11) is 0. The zero-order valence-electron chi connectivity index (χ0n) is 10.2. The Morgan fingerprint density at radius 3 is 2.53 bits per heavy atom. The van der Waals surface area contributed by atoms with Gasteiger partial charge in [0.25, 0.3) is 0 Å². The van der Waals surface area contributed by atoms with Gasteiger partial charge in [0.15, 0.2) is 0 Å². The van der Waals surface area contributed by atoms with Crippen molar-refractivity contribution in [3.8, 4) is 0 Å². The van der Waals surface area contributed by atoms with Crippen molar-refractivity contribution in [3.05, 3.63) is 42.2 Å². The van der Waals surface area contributed by atoms with Crippen molar-refractivity contribution in [1.29, 1.82) is 0 Å². The number of rotatable bonds is 3. The largest absolute Gasteiger partial charge is 0.256 e. The van der Waals surface area contributed by atoms with Gasteiger partial charge in [-0.25, -0.2) is 0 Å². The molecule has 0 aliphatic carbocycles. The molecule has 0 atom stereocenters. The van der Waals surface area contributed by atoms with Gasteiger partial charge in [0.2, 0.25) is 0 Å². The molecule has 15 heavy (non-hydrogen) atoms. The second kappa shape index (κ2) is 7.98. The third-order valence-corrected chi connectivity index (χ3v) is 1.73. The third kappa shape index (κ3) is 5.16. The SMILES string of the molecule is C=Cc1cccnc1/C=C\C(C)C.CC. The molecule has 0 radical (unpaired) electrons. The van der Waals surface area contributed by atoms with Crippen molar-refractivity contribution < 1.29 is 0 Å². The molecule has 0 fully saturated rings. The van der Waals surface area contributed by atoms with Gasteiger partial charge in [-0.05, 0) is 23.6 Å². The van der Waals surface area contributed by atoms with Gasteiger partial charge in [0.1, 0.15) is 0 Å². The standard InChI is InChI=1S/C12H15N.C2H6/c1-4-11-6-5-9-13-12(11)8-7-10(2)3;1-2/h4-10H,1H2,2-3H3;1-2H3/b8-7-;. The van der Waals surface area contributed by atoms with Gasteiger partial charge in [-0.3, -0.25) is 4.98 Å². The van der Waals surface area contributed by atoms with Gasteiger partial charge in [-0.2, -0.15) is 0 Å². The fourth-order valence-electron chi connectivity index (χ4n) is 1.03. The molecule has 0 amide bonds. The van der Waals surface area contributed by atoms with E-state index in [0.29, 0.717) is 5.92 Å². The summed E-state index contributed by atoms with van der Waals surface area (Å²) in [6.07, 6.45) is 7.80. The minimum absolute atomic E-state index is 0.555. The fourth-order valence-corrected chi connectivity index (χ4v) is 1.03. The van der Waals surface area contributed by atoms with Crippen LogP contribution in [0.5, 0.6) is 0 Å². The summed E-state index contributed by atoms with van der Waals surface area (Å²) in [4.78, 5) is 4.26. The molecule has 0 aliphatic heterocycles. The average Bonchev–Trinajstić information content (AvgIpc) is 2.29. The Hall–Kier alpha value is -1.37. The first-order valence-electron chi connectivity index (χ1n) is 5.49. The second-order valence-corrected chi connectivity index (χ2v) is 3.29. The third-order valence-electron chi connectivity index (χ3n) is 1.73. The Labute approximate surface area is 93.6 Å². The minimum atomic E-state index is 0.555. The van der Waals surface area contributed by atoms with E-state index in [-0.39, 0.29) is 0 Å². The lowest BCUT2D eigenvalue weighted by molar-refractivity contribution is 0.836. The van der Waals surface area contributed by atoms with Crippen molar-refractivity contribution >= 4 is 12.2 Å². The molecule has 1 nitrogen and oxygen atoms in total. The first-order chi connectivity index (χ1) is 7.24. The summed E-state index contributed by atoms with van der Waals surface area (Å²) in [5.74, 6) is 0.555. The zero-order valence-corrected chi connectivity index (χ0v) is 10.2. The Morgan fingerprint density at radius 1 is 1.33 bits per heavy atom. The molecule has 0 saturated heterocycles. The van der Waals surface area contributed by atoms with Crippen LogP contribution in [0.15, 0.2) is 31.0 Å². The zero-order chi connectivity index (χ0) is 11.7. The summed E-state index contributed by atoms with van der Waals surface area (Å²) in [6, 6.07) is 3.93. The van der Waals surface area contributed by atoms with Crippen LogP contribution < -0.4 is 0 Å². The van der Waals surface area contributed by atoms with Crippen LogP contribution in [-0.2, 0) is 0 Å². The Morgan fingerprint density at radius 2 is 2.00 bits per heavy atom. The molecule has 0 aliphatic rings. The number of allylic oxidation sites excluding steroid dienone is 1. The molecule has 1 rings (SSSR count). The van der Waals surface area contributed by atoms with E-state index in [1.165, 1.54) is 0 Å². The van der Waals surface area contributed by atoms with Gasteiger partial charge in [-0.1, -0.05) is 52.5 Å². The number of aromatic nitrogens is 1. The highest BCUT2D eigenvalue weighted by atomic mass is 14.7. The van der Waals surface area contributed by atoms with Crippen LogP contribution in [0.1, 0.15) is 39.0 Å². The molecule has 82 valence electrons. The lowest BCUT2D eigenvalue weighted by atomic mass is 10.1. The van der Waals surface area contributed by atoms with Crippen LogP contribution in [0.3, 0.4) is 0 Å². The highest BCUT2D eigenvalue weighted by Gasteiger charge is 1.94. The van der Waals surface area contributed by atoms with Crippen molar-refractivity contribution in [1.82, 2.24) is 4.98 Å². The van der Waals surface area contributed by atoms with E-state index in [4.69, 9.17) is 0 Å². The van der Waals surface area contributed by atoms with Crippen LogP contribution in [0, 0.1) is 5.92 Å². The smallest absolute Gasteiger partial charge is 0.0698 e. The maximum absolute atomic E-state index is 4.26. The molecule has 1 heterocycles. The van der Waals surface area contributed by atoms with Crippen molar-refractivity contribution in [2.45, 2.75) is 27.7 Å². The highest BCUT2D eigenvalue weighted by Crippen LogP contribution is 2.09. The van der Waals surface area contributed by atoms with E-state index in [0.717, 1.165) is 11.3 Å². The molecule has 1 aromatic heterocycles. The van der Waals surface area contributed by atoms with Gasteiger partial charge >= 0.3 is 0 Å². The molecule has 0 unspecified atom stereocenters. The van der Waals surface area contributed by atoms with E-state index >= 15 is 0 Å². The van der Waals surface area contributed by atoms with E-state index in [1.54, 1.807) is 6.20 Å². The topological polar surface area (TPSA) is 12.9 Å². The van der Waals surface area contributed by atoms with Crippen LogP contribution in [-0.4, -0.2) is 4.98 Å². The summed E-state index contributed by atoms with van der Waals surface area (Å²) < 4.78 is 0. The van der Waals surface area contributed by atoms with E-state index in [2.05, 4.69) is 31.5 Å². The summed E-state index contributed by atoms with van der Waals surface area (Å²) >= 11 is 0. The monoisotopic (exact) mass is 203 g/mol. The molecule has 1 aromatic rings. The van der Waals surface area contributed by atoms with Crippen LogP contribution >= 0.6 is 0 Å². The molecule has 0 bridgehead atoms. The first-order valence-corrected chi connectivity index (χ1v) is 5.49. The van der Waals surface area contributed by atoms with E-state index < -0.39 is 0 Å². The molecular weight excluding hydrogens is 182 g/mol. The van der Waals surface area contributed by atoms with Crippen molar-refractivity contribution in [3.63, 3.8) is 0 Å². The Bertz CT molecular complexity index is 311. The van der Waals surface area contributed by atoms with E-state index in [9.17, 15) is 0 Å². The molecule has 1 heteroatoms. The lowest BCUT2D eigenvalue weighted by Gasteiger charge is -1.99. The maximum Gasteiger partial charge on any atom is 0.0698 e. The number of hydrogen-bond acceptors (Lipinski definition) is 1. The van der Waals surface area contributed by atoms with Crippen LogP contribution in [0.25, 0.3) is 12.2 Å². The van der Waals surface area contributed by atoms with Crippen molar-refractivity contribution in [2.75, 3.05) is 0 Å². The second-order valence-electron chi connectivity index (χ2n) is 3.29. The van der Waals surface area contributed by atoms with Crippen LogP contribution in [0.2, 0.25) is 0 Å². The number of nitrogens with zero attached hydrogens (tertiary/aromatic N) is 1. The Balaban J connectivity index is 0.000000921. The van der Waals surface area contributed by atoms with Gasteiger partial charge in [-0.15, -0.1) is 0 Å². The molecule has 0 saturated carbocycles. The number of hydrogen-bond donors (Lipinski definition) is 0. The highest BCUT2D eigenvalue weighted by molar-refractivity contribution is 5.60. The Kier molecular flexibility index (Phi) is 7.25. The molecule has 0 N–H and O–H groups in total. The van der Waals surface area contributed by atoms with Gasteiger partial charge in [0, 0.05) is 6.20 Å². The minimum Gasteiger partial charge on any atom is -0.256 e. The first kappa shape index (κ1) is 13.6. The van der Waals surface area contributed by atoms with Gasteiger partial charge in [0.05, 0.1) is 5.69 Å². The maximum atomic E-state index is 4.26. The fraction of sp³-hybridized carbons (Fsp3) is 0.357.